The molecule has 7 rings (SSSR count). The van der Waals surface area contributed by atoms with E-state index >= 15 is 0 Å². The fourth-order valence-electron chi connectivity index (χ4n) is 5.86. The molecule has 0 radical (unpaired) electrons. The molecule has 0 bridgehead atoms. The van der Waals surface area contributed by atoms with E-state index in [1.165, 1.54) is 0 Å². The van der Waals surface area contributed by atoms with Gasteiger partial charge in [0.05, 0.1) is 11.4 Å². The Balaban J connectivity index is 1.26. The Morgan fingerprint density at radius 2 is 1.41 bits per heavy atom. The van der Waals surface area contributed by atoms with Crippen LogP contribution in [0.5, 0.6) is 0 Å². The Morgan fingerprint density at radius 3 is 2.12 bits per heavy atom. The summed E-state index contributed by atoms with van der Waals surface area (Å²) in [4.78, 5) is 25.7. The Hall–Kier alpha value is -5.08. The molecular formula is C33H30N8. The molecule has 3 atom stereocenters. The molecule has 0 saturated carbocycles. The molecule has 2 aliphatic heterocycles. The lowest BCUT2D eigenvalue weighted by Gasteiger charge is -2.44. The summed E-state index contributed by atoms with van der Waals surface area (Å²) in [5.41, 5.74) is 7.36. The van der Waals surface area contributed by atoms with Crippen molar-refractivity contribution in [3.8, 4) is 0 Å². The van der Waals surface area contributed by atoms with Gasteiger partial charge in [-0.15, -0.1) is 0 Å². The molecule has 2 aliphatic rings. The van der Waals surface area contributed by atoms with Gasteiger partial charge in [-0.2, -0.15) is 0 Å². The number of anilines is 3. The SMILES string of the molecule is CN1C(c2ccc(C3Nc4ccccc4N3c3ccccc3)cn2)=NC(c2cccnc2)N(C)C1c1cccnc1. The molecule has 202 valence electrons. The molecule has 41 heavy (non-hydrogen) atoms. The average Bonchev–Trinajstić information content (AvgIpc) is 3.42. The second kappa shape index (κ2) is 10.5. The Labute approximate surface area is 239 Å². The van der Waals surface area contributed by atoms with Crippen LogP contribution < -0.4 is 10.2 Å². The van der Waals surface area contributed by atoms with Crippen LogP contribution in [0.3, 0.4) is 0 Å². The van der Waals surface area contributed by atoms with E-state index in [0.29, 0.717) is 0 Å². The van der Waals surface area contributed by atoms with Gasteiger partial charge in [0.25, 0.3) is 0 Å². The first-order valence-corrected chi connectivity index (χ1v) is 13.7. The fraction of sp³-hybridized carbons (Fsp3) is 0.152. The normalized spacial score (nSPS) is 20.3. The van der Waals surface area contributed by atoms with Crippen LogP contribution in [0.1, 0.15) is 40.9 Å². The third-order valence-electron chi connectivity index (χ3n) is 7.76. The van der Waals surface area contributed by atoms with Gasteiger partial charge < -0.3 is 15.1 Å². The first-order chi connectivity index (χ1) is 20.2. The number of fused-ring (bicyclic) bond motifs is 1. The summed E-state index contributed by atoms with van der Waals surface area (Å²) in [7, 11) is 4.15. The van der Waals surface area contributed by atoms with Crippen molar-refractivity contribution in [3.05, 3.63) is 144 Å². The molecule has 0 aliphatic carbocycles. The van der Waals surface area contributed by atoms with E-state index in [9.17, 15) is 0 Å². The maximum atomic E-state index is 5.20. The zero-order valence-electron chi connectivity index (χ0n) is 22.9. The zero-order valence-corrected chi connectivity index (χ0v) is 22.9. The predicted octanol–water partition coefficient (Wildman–Crippen LogP) is 6.16. The van der Waals surface area contributed by atoms with Crippen molar-refractivity contribution in [2.75, 3.05) is 24.3 Å². The minimum atomic E-state index is -0.221. The van der Waals surface area contributed by atoms with Crippen molar-refractivity contribution >= 4 is 22.9 Å². The minimum absolute atomic E-state index is 0.0811. The van der Waals surface area contributed by atoms with E-state index in [1.54, 1.807) is 12.4 Å². The van der Waals surface area contributed by atoms with Gasteiger partial charge in [-0.25, -0.2) is 4.99 Å². The van der Waals surface area contributed by atoms with Gasteiger partial charge in [-0.3, -0.25) is 19.9 Å². The van der Waals surface area contributed by atoms with Crippen LogP contribution in [-0.2, 0) is 0 Å². The number of aromatic nitrogens is 3. The number of nitrogens with zero attached hydrogens (tertiary/aromatic N) is 7. The lowest BCUT2D eigenvalue weighted by atomic mass is 10.1. The van der Waals surface area contributed by atoms with Crippen molar-refractivity contribution in [3.63, 3.8) is 0 Å². The molecule has 5 aromatic rings. The quantitative estimate of drug-likeness (QED) is 0.288. The lowest BCUT2D eigenvalue weighted by molar-refractivity contribution is 0.0738. The van der Waals surface area contributed by atoms with Crippen molar-refractivity contribution in [1.29, 1.82) is 0 Å². The Bertz CT molecular complexity index is 1660. The number of nitrogens with one attached hydrogen (secondary N) is 1. The van der Waals surface area contributed by atoms with Crippen LogP contribution >= 0.6 is 0 Å². The molecule has 2 aromatic carbocycles. The van der Waals surface area contributed by atoms with Crippen molar-refractivity contribution in [1.82, 2.24) is 24.8 Å². The first-order valence-electron chi connectivity index (χ1n) is 13.7. The van der Waals surface area contributed by atoms with E-state index in [-0.39, 0.29) is 18.5 Å². The molecule has 1 N–H and O–H groups in total. The van der Waals surface area contributed by atoms with Gasteiger partial charge in [-0.1, -0.05) is 48.5 Å². The highest BCUT2D eigenvalue weighted by Crippen LogP contribution is 2.45. The van der Waals surface area contributed by atoms with E-state index < -0.39 is 0 Å². The summed E-state index contributed by atoms with van der Waals surface area (Å²) in [6, 6.07) is 31.2. The average molecular weight is 539 g/mol. The highest BCUT2D eigenvalue weighted by molar-refractivity contribution is 5.97. The smallest absolute Gasteiger partial charge is 0.153 e. The van der Waals surface area contributed by atoms with Gasteiger partial charge >= 0.3 is 0 Å². The van der Waals surface area contributed by atoms with Crippen LogP contribution in [-0.4, -0.2) is 44.7 Å². The highest BCUT2D eigenvalue weighted by Gasteiger charge is 2.36. The number of para-hydroxylation sites is 3. The fourth-order valence-corrected chi connectivity index (χ4v) is 5.86. The van der Waals surface area contributed by atoms with Gasteiger partial charge in [0, 0.05) is 60.4 Å². The van der Waals surface area contributed by atoms with Crippen molar-refractivity contribution in [2.45, 2.75) is 18.5 Å². The Kier molecular flexibility index (Phi) is 6.37. The summed E-state index contributed by atoms with van der Waals surface area (Å²) in [5.74, 6) is 0.819. The maximum absolute atomic E-state index is 5.20. The van der Waals surface area contributed by atoms with Gasteiger partial charge in [0.2, 0.25) is 0 Å². The molecule has 0 fully saturated rings. The number of rotatable bonds is 5. The number of amidine groups is 1. The number of hydrogen-bond acceptors (Lipinski definition) is 8. The second-order valence-corrected chi connectivity index (χ2v) is 10.3. The molecule has 0 spiro atoms. The molecule has 0 saturated heterocycles. The molecular weight excluding hydrogens is 508 g/mol. The van der Waals surface area contributed by atoms with E-state index in [1.807, 2.05) is 36.8 Å². The van der Waals surface area contributed by atoms with Crippen LogP contribution in [0.4, 0.5) is 17.1 Å². The summed E-state index contributed by atoms with van der Waals surface area (Å²) >= 11 is 0. The number of pyridine rings is 3. The van der Waals surface area contributed by atoms with Crippen LogP contribution in [0.15, 0.2) is 127 Å². The minimum Gasteiger partial charge on any atom is -0.359 e. The lowest BCUT2D eigenvalue weighted by Crippen LogP contribution is -2.47. The van der Waals surface area contributed by atoms with E-state index in [2.05, 4.69) is 117 Å². The maximum Gasteiger partial charge on any atom is 0.153 e. The standard InChI is InChI=1S/C33H30N8/c1-39-30(23-10-8-18-34-20-23)38-32(40(2)33(39)25-11-9-19-35-21-25)28-17-16-24(22-36-28)31-37-27-14-6-7-15-29(27)41(31)26-12-4-3-5-13-26/h3-22,30-31,33,37H,1-2H3. The molecule has 8 heteroatoms. The third-order valence-corrected chi connectivity index (χ3v) is 7.76. The highest BCUT2D eigenvalue weighted by atomic mass is 15.4. The summed E-state index contributed by atoms with van der Waals surface area (Å²) < 4.78 is 0. The van der Waals surface area contributed by atoms with Crippen LogP contribution in [0, 0.1) is 0 Å². The largest absolute Gasteiger partial charge is 0.359 e. The van der Waals surface area contributed by atoms with Gasteiger partial charge in [0.1, 0.15) is 24.2 Å². The molecule has 0 amide bonds. The third kappa shape index (κ3) is 4.48. The summed E-state index contributed by atoms with van der Waals surface area (Å²) in [6.45, 7) is 0. The zero-order chi connectivity index (χ0) is 27.8. The predicted molar refractivity (Wildman–Crippen MR) is 162 cm³/mol. The second-order valence-electron chi connectivity index (χ2n) is 10.3. The molecule has 3 unspecified atom stereocenters. The van der Waals surface area contributed by atoms with E-state index in [4.69, 9.17) is 9.98 Å². The van der Waals surface area contributed by atoms with Gasteiger partial charge in [0.15, 0.2) is 5.84 Å². The molecule has 5 heterocycles. The topological polar surface area (TPSA) is 72.8 Å². The number of hydrogen-bond donors (Lipinski definition) is 1. The van der Waals surface area contributed by atoms with Crippen molar-refractivity contribution in [2.24, 2.45) is 4.99 Å². The number of benzene rings is 2. The first kappa shape index (κ1) is 24.9. The number of aliphatic imine (C=N–C) groups is 1. The van der Waals surface area contributed by atoms with Gasteiger partial charge in [-0.05, 0) is 49.5 Å². The Morgan fingerprint density at radius 1 is 0.683 bits per heavy atom. The van der Waals surface area contributed by atoms with E-state index in [0.717, 1.165) is 45.3 Å². The summed E-state index contributed by atoms with van der Waals surface area (Å²) in [5, 5.41) is 3.69. The molecule has 8 nitrogen and oxygen atoms in total. The summed E-state index contributed by atoms with van der Waals surface area (Å²) in [6.07, 6.45) is 8.96. The van der Waals surface area contributed by atoms with Crippen molar-refractivity contribution < 1.29 is 0 Å². The van der Waals surface area contributed by atoms with Crippen LogP contribution in [0.25, 0.3) is 0 Å². The van der Waals surface area contributed by atoms with Crippen LogP contribution in [0.2, 0.25) is 0 Å². The molecule has 3 aromatic heterocycles. The monoisotopic (exact) mass is 538 g/mol.